The maximum Gasteiger partial charge on any atom is 0.220 e. The third-order valence-electron chi connectivity index (χ3n) is 3.46. The molecule has 16 heavy (non-hydrogen) atoms. The van der Waals surface area contributed by atoms with Gasteiger partial charge in [0.1, 0.15) is 0 Å². The molecule has 1 rings (SSSR count). The number of carbonyl (C=O) groups excluding carboxylic acids is 1. The van der Waals surface area contributed by atoms with Crippen LogP contribution in [0.25, 0.3) is 0 Å². The lowest BCUT2D eigenvalue weighted by molar-refractivity contribution is -0.122. The van der Waals surface area contributed by atoms with Gasteiger partial charge in [0, 0.05) is 19.0 Å². The standard InChI is InChI=1S/C13H26N2O/c1-10(2)7-8-15-13(16)9-11-5-3-4-6-12(11)14/h10-12H,3-9,14H2,1-2H3,(H,15,16). The lowest BCUT2D eigenvalue weighted by Crippen LogP contribution is -2.37. The maximum atomic E-state index is 11.7. The number of nitrogens with one attached hydrogen (secondary N) is 1. The van der Waals surface area contributed by atoms with Gasteiger partial charge in [-0.1, -0.05) is 26.7 Å². The van der Waals surface area contributed by atoms with Gasteiger partial charge >= 0.3 is 0 Å². The molecule has 2 atom stereocenters. The second kappa shape index (κ2) is 6.89. The SMILES string of the molecule is CC(C)CCNC(=O)CC1CCCCC1N. The Labute approximate surface area is 99.2 Å². The average molecular weight is 226 g/mol. The van der Waals surface area contributed by atoms with E-state index in [-0.39, 0.29) is 11.9 Å². The first-order chi connectivity index (χ1) is 7.59. The zero-order chi connectivity index (χ0) is 12.0. The average Bonchev–Trinajstić information content (AvgIpc) is 2.21. The second-order valence-electron chi connectivity index (χ2n) is 5.44. The third-order valence-corrected chi connectivity index (χ3v) is 3.46. The van der Waals surface area contributed by atoms with Gasteiger partial charge in [0.2, 0.25) is 5.91 Å². The van der Waals surface area contributed by atoms with Crippen LogP contribution < -0.4 is 11.1 Å². The van der Waals surface area contributed by atoms with Gasteiger partial charge < -0.3 is 11.1 Å². The predicted octanol–water partition coefficient (Wildman–Crippen LogP) is 2.06. The Morgan fingerprint density at radius 2 is 2.06 bits per heavy atom. The monoisotopic (exact) mass is 226 g/mol. The van der Waals surface area contributed by atoms with Crippen molar-refractivity contribution in [2.75, 3.05) is 6.54 Å². The van der Waals surface area contributed by atoms with E-state index in [1.165, 1.54) is 12.8 Å². The normalized spacial score (nSPS) is 25.8. The van der Waals surface area contributed by atoms with Crippen molar-refractivity contribution in [1.29, 1.82) is 0 Å². The molecule has 1 amide bonds. The summed E-state index contributed by atoms with van der Waals surface area (Å²) in [4.78, 5) is 11.7. The molecule has 0 saturated heterocycles. The van der Waals surface area contributed by atoms with E-state index >= 15 is 0 Å². The lowest BCUT2D eigenvalue weighted by Gasteiger charge is -2.28. The fraction of sp³-hybridized carbons (Fsp3) is 0.923. The molecule has 94 valence electrons. The molecule has 1 fully saturated rings. The van der Waals surface area contributed by atoms with Crippen molar-refractivity contribution >= 4 is 5.91 Å². The van der Waals surface area contributed by atoms with Crippen LogP contribution in [-0.2, 0) is 4.79 Å². The minimum atomic E-state index is 0.183. The minimum Gasteiger partial charge on any atom is -0.356 e. The van der Waals surface area contributed by atoms with Gasteiger partial charge in [-0.2, -0.15) is 0 Å². The molecule has 3 nitrogen and oxygen atoms in total. The molecule has 0 bridgehead atoms. The van der Waals surface area contributed by atoms with Gasteiger partial charge in [-0.05, 0) is 31.1 Å². The largest absolute Gasteiger partial charge is 0.356 e. The van der Waals surface area contributed by atoms with E-state index in [9.17, 15) is 4.79 Å². The van der Waals surface area contributed by atoms with Crippen molar-refractivity contribution in [2.24, 2.45) is 17.6 Å². The molecule has 0 radical (unpaired) electrons. The fourth-order valence-corrected chi connectivity index (χ4v) is 2.30. The second-order valence-corrected chi connectivity index (χ2v) is 5.44. The highest BCUT2D eigenvalue weighted by atomic mass is 16.1. The number of hydrogen-bond acceptors (Lipinski definition) is 2. The van der Waals surface area contributed by atoms with E-state index in [4.69, 9.17) is 5.73 Å². The van der Waals surface area contributed by atoms with E-state index in [1.54, 1.807) is 0 Å². The summed E-state index contributed by atoms with van der Waals surface area (Å²) in [5, 5.41) is 2.99. The first kappa shape index (κ1) is 13.5. The zero-order valence-electron chi connectivity index (χ0n) is 10.7. The van der Waals surface area contributed by atoms with Crippen LogP contribution in [0.4, 0.5) is 0 Å². The van der Waals surface area contributed by atoms with Crippen LogP contribution in [0.1, 0.15) is 52.4 Å². The summed E-state index contributed by atoms with van der Waals surface area (Å²) >= 11 is 0. The number of nitrogens with two attached hydrogens (primary N) is 1. The Bertz CT molecular complexity index is 216. The van der Waals surface area contributed by atoms with Crippen LogP contribution in [0.5, 0.6) is 0 Å². The molecule has 1 aliphatic carbocycles. The molecule has 0 spiro atoms. The molecule has 3 N–H and O–H groups in total. The molecule has 1 aliphatic rings. The summed E-state index contributed by atoms with van der Waals surface area (Å²) < 4.78 is 0. The van der Waals surface area contributed by atoms with Gasteiger partial charge in [-0.3, -0.25) is 4.79 Å². The van der Waals surface area contributed by atoms with Crippen molar-refractivity contribution in [3.8, 4) is 0 Å². The van der Waals surface area contributed by atoms with E-state index in [0.29, 0.717) is 18.3 Å². The molecular formula is C13H26N2O. The smallest absolute Gasteiger partial charge is 0.220 e. The molecule has 2 unspecified atom stereocenters. The van der Waals surface area contributed by atoms with Crippen molar-refractivity contribution in [1.82, 2.24) is 5.32 Å². The van der Waals surface area contributed by atoms with Gasteiger partial charge in [-0.15, -0.1) is 0 Å². The molecule has 0 aromatic rings. The zero-order valence-corrected chi connectivity index (χ0v) is 10.7. The summed E-state index contributed by atoms with van der Waals surface area (Å²) in [5.74, 6) is 1.24. The third kappa shape index (κ3) is 4.97. The van der Waals surface area contributed by atoms with Gasteiger partial charge in [-0.25, -0.2) is 0 Å². The first-order valence-electron chi connectivity index (χ1n) is 6.62. The highest BCUT2D eigenvalue weighted by Gasteiger charge is 2.23. The van der Waals surface area contributed by atoms with Crippen LogP contribution in [0.15, 0.2) is 0 Å². The Balaban J connectivity index is 2.17. The molecule has 1 saturated carbocycles. The molecule has 3 heteroatoms. The molecule has 0 heterocycles. The van der Waals surface area contributed by atoms with Crippen LogP contribution >= 0.6 is 0 Å². The van der Waals surface area contributed by atoms with Crippen LogP contribution in [0, 0.1) is 11.8 Å². The minimum absolute atomic E-state index is 0.183. The highest BCUT2D eigenvalue weighted by molar-refractivity contribution is 5.76. The highest BCUT2D eigenvalue weighted by Crippen LogP contribution is 2.25. The van der Waals surface area contributed by atoms with Crippen molar-refractivity contribution < 1.29 is 4.79 Å². The lowest BCUT2D eigenvalue weighted by atomic mass is 9.83. The summed E-state index contributed by atoms with van der Waals surface area (Å²) in [6.07, 6.45) is 6.36. The Hall–Kier alpha value is -0.570. The van der Waals surface area contributed by atoms with Crippen molar-refractivity contribution in [2.45, 2.75) is 58.4 Å². The van der Waals surface area contributed by atoms with E-state index in [1.807, 2.05) is 0 Å². The molecule has 0 aliphatic heterocycles. The quantitative estimate of drug-likeness (QED) is 0.754. The van der Waals surface area contributed by atoms with Crippen LogP contribution in [-0.4, -0.2) is 18.5 Å². The predicted molar refractivity (Wildman–Crippen MR) is 67.0 cm³/mol. The van der Waals surface area contributed by atoms with Gasteiger partial charge in [0.25, 0.3) is 0 Å². The van der Waals surface area contributed by atoms with E-state index < -0.39 is 0 Å². The van der Waals surface area contributed by atoms with Gasteiger partial charge in [0.15, 0.2) is 0 Å². The summed E-state index contributed by atoms with van der Waals surface area (Å²) in [5.41, 5.74) is 6.02. The van der Waals surface area contributed by atoms with Crippen molar-refractivity contribution in [3.05, 3.63) is 0 Å². The van der Waals surface area contributed by atoms with Crippen LogP contribution in [0.2, 0.25) is 0 Å². The van der Waals surface area contributed by atoms with Crippen LogP contribution in [0.3, 0.4) is 0 Å². The summed E-state index contributed by atoms with van der Waals surface area (Å²) in [6, 6.07) is 0.240. The van der Waals surface area contributed by atoms with E-state index in [2.05, 4.69) is 19.2 Å². The van der Waals surface area contributed by atoms with Crippen molar-refractivity contribution in [3.63, 3.8) is 0 Å². The topological polar surface area (TPSA) is 55.1 Å². The Kier molecular flexibility index (Phi) is 5.81. The molecular weight excluding hydrogens is 200 g/mol. The summed E-state index contributed by atoms with van der Waals surface area (Å²) in [7, 11) is 0. The first-order valence-corrected chi connectivity index (χ1v) is 6.62. The number of rotatable bonds is 5. The van der Waals surface area contributed by atoms with E-state index in [0.717, 1.165) is 25.8 Å². The fourth-order valence-electron chi connectivity index (χ4n) is 2.30. The molecule has 0 aromatic heterocycles. The number of hydrogen-bond donors (Lipinski definition) is 2. The Morgan fingerprint density at radius 1 is 1.38 bits per heavy atom. The summed E-state index contributed by atoms with van der Waals surface area (Å²) in [6.45, 7) is 5.14. The number of amides is 1. The molecule has 0 aromatic carbocycles. The maximum absolute atomic E-state index is 11.7. The number of carbonyl (C=O) groups is 1. The van der Waals surface area contributed by atoms with Gasteiger partial charge in [0.05, 0.1) is 0 Å². The Morgan fingerprint density at radius 3 is 2.69 bits per heavy atom.